The summed E-state index contributed by atoms with van der Waals surface area (Å²) in [5.41, 5.74) is 5.14. The Kier molecular flexibility index (Phi) is 21.4. The van der Waals surface area contributed by atoms with Crippen LogP contribution in [-0.4, -0.2) is 6.54 Å². The molecule has 0 aliphatic heterocycles. The maximum atomic E-state index is 5.14. The molecule has 0 unspecified atom stereocenters. The summed E-state index contributed by atoms with van der Waals surface area (Å²) in [6, 6.07) is 0. The molecule has 0 bridgehead atoms. The van der Waals surface area contributed by atoms with Crippen LogP contribution in [0.1, 0.15) is 40.0 Å². The summed E-state index contributed by atoms with van der Waals surface area (Å²) in [7, 11) is 0. The van der Waals surface area contributed by atoms with Gasteiger partial charge >= 0.3 is 0 Å². The van der Waals surface area contributed by atoms with Gasteiger partial charge in [0.15, 0.2) is 0 Å². The first kappa shape index (κ1) is 10.9. The fourth-order valence-corrected chi connectivity index (χ4v) is 0.204. The van der Waals surface area contributed by atoms with Crippen molar-refractivity contribution >= 4 is 0 Å². The summed E-state index contributed by atoms with van der Waals surface area (Å²) in [6.45, 7) is 7.23. The average molecular weight is 117 g/mol. The van der Waals surface area contributed by atoms with Gasteiger partial charge in [-0.25, -0.2) is 0 Å². The molecule has 0 aliphatic rings. The van der Waals surface area contributed by atoms with E-state index < -0.39 is 0 Å². The van der Waals surface area contributed by atoms with Crippen molar-refractivity contribution in [3.63, 3.8) is 0 Å². The molecule has 52 valence electrons. The Hall–Kier alpha value is -0.0400. The molecule has 0 aromatic carbocycles. The Labute approximate surface area is 53.3 Å². The number of rotatable bonds is 2. The highest BCUT2D eigenvalue weighted by atomic mass is 14.5. The zero-order valence-corrected chi connectivity index (χ0v) is 6.41. The first-order chi connectivity index (χ1) is 3.83. The van der Waals surface area contributed by atoms with Crippen LogP contribution in [0.25, 0.3) is 0 Å². The minimum Gasteiger partial charge on any atom is -0.330 e. The molecule has 0 saturated carbocycles. The van der Waals surface area contributed by atoms with Crippen LogP contribution in [-0.2, 0) is 0 Å². The van der Waals surface area contributed by atoms with Gasteiger partial charge in [0.05, 0.1) is 0 Å². The van der Waals surface area contributed by atoms with Crippen molar-refractivity contribution in [1.29, 1.82) is 0 Å². The minimum absolute atomic E-state index is 0.844. The predicted molar refractivity (Wildman–Crippen MR) is 39.9 cm³/mol. The second-order valence-electron chi connectivity index (χ2n) is 1.85. The predicted octanol–water partition coefficient (Wildman–Crippen LogP) is 2.16. The first-order valence-corrected chi connectivity index (χ1v) is 3.53. The molecule has 8 heavy (non-hydrogen) atoms. The summed E-state index contributed by atoms with van der Waals surface area (Å²) in [5, 5.41) is 0. The first-order valence-electron chi connectivity index (χ1n) is 3.53. The van der Waals surface area contributed by atoms with E-state index >= 15 is 0 Å². The molecular weight excluding hydrogens is 98.1 g/mol. The zero-order chi connectivity index (χ0) is 6.83. The van der Waals surface area contributed by atoms with Crippen LogP contribution in [0, 0.1) is 0 Å². The van der Waals surface area contributed by atoms with Gasteiger partial charge in [-0.1, -0.05) is 33.6 Å². The fraction of sp³-hybridized carbons (Fsp3) is 1.00. The Bertz CT molecular complexity index is 18.3. The van der Waals surface area contributed by atoms with Gasteiger partial charge in [-0.15, -0.1) is 0 Å². The zero-order valence-electron chi connectivity index (χ0n) is 6.41. The van der Waals surface area contributed by atoms with Crippen LogP contribution in [0.4, 0.5) is 0 Å². The van der Waals surface area contributed by atoms with E-state index in [1.807, 2.05) is 0 Å². The molecule has 0 saturated heterocycles. The fourth-order valence-electron chi connectivity index (χ4n) is 0.204. The molecule has 0 spiro atoms. The third-order valence-electron chi connectivity index (χ3n) is 0.558. The highest BCUT2D eigenvalue weighted by Crippen LogP contribution is 1.77. The quantitative estimate of drug-likeness (QED) is 0.589. The molecule has 0 amide bonds. The second-order valence-corrected chi connectivity index (χ2v) is 1.85. The second kappa shape index (κ2) is 15.8. The number of nitrogens with two attached hydrogens (primary N) is 1. The normalized spacial score (nSPS) is 7.50. The summed E-state index contributed by atoms with van der Waals surface area (Å²) < 4.78 is 0. The van der Waals surface area contributed by atoms with Crippen molar-refractivity contribution in [2.24, 2.45) is 5.73 Å². The van der Waals surface area contributed by atoms with Gasteiger partial charge in [-0.05, 0) is 13.0 Å². The topological polar surface area (TPSA) is 26.0 Å². The van der Waals surface area contributed by atoms with Gasteiger partial charge in [0.2, 0.25) is 0 Å². The summed E-state index contributed by atoms with van der Waals surface area (Å²) in [6.07, 6.45) is 3.64. The maximum Gasteiger partial charge on any atom is -0.00774 e. The lowest BCUT2D eigenvalue weighted by atomic mass is 10.3. The van der Waals surface area contributed by atoms with Gasteiger partial charge in [-0.2, -0.15) is 0 Å². The Morgan fingerprint density at radius 3 is 1.50 bits per heavy atom. The average Bonchev–Trinajstić information content (AvgIpc) is 1.71. The molecule has 0 radical (unpaired) electrons. The molecule has 0 aromatic rings. The van der Waals surface area contributed by atoms with Crippen LogP contribution in [0.15, 0.2) is 0 Å². The van der Waals surface area contributed by atoms with E-state index in [2.05, 4.69) is 20.8 Å². The van der Waals surface area contributed by atoms with Crippen LogP contribution in [0.2, 0.25) is 0 Å². The molecule has 0 heterocycles. The molecule has 0 aromatic heterocycles. The largest absolute Gasteiger partial charge is 0.330 e. The van der Waals surface area contributed by atoms with Crippen molar-refractivity contribution in [3.8, 4) is 0 Å². The van der Waals surface area contributed by atoms with Crippen LogP contribution >= 0.6 is 0 Å². The Morgan fingerprint density at radius 1 is 1.12 bits per heavy atom. The molecule has 0 aliphatic carbocycles. The van der Waals surface area contributed by atoms with Gasteiger partial charge in [0, 0.05) is 0 Å². The number of hydrogen-bond donors (Lipinski definition) is 1. The minimum atomic E-state index is 0.844. The van der Waals surface area contributed by atoms with Gasteiger partial charge < -0.3 is 5.73 Å². The lowest BCUT2D eigenvalue weighted by molar-refractivity contribution is 0.807. The summed E-state index contributed by atoms with van der Waals surface area (Å²) in [5.74, 6) is 0. The van der Waals surface area contributed by atoms with Crippen molar-refractivity contribution in [2.45, 2.75) is 40.0 Å². The van der Waals surface area contributed by atoms with Crippen molar-refractivity contribution in [2.75, 3.05) is 6.54 Å². The molecule has 2 N–H and O–H groups in total. The highest BCUT2D eigenvalue weighted by molar-refractivity contribution is 4.29. The third-order valence-corrected chi connectivity index (χ3v) is 0.558. The number of hydrogen-bond acceptors (Lipinski definition) is 1. The maximum absolute atomic E-state index is 5.14. The lowest BCUT2D eigenvalue weighted by Gasteiger charge is -1.80. The molecule has 1 heteroatoms. The van der Waals surface area contributed by atoms with E-state index in [4.69, 9.17) is 5.73 Å². The van der Waals surface area contributed by atoms with Crippen molar-refractivity contribution in [1.82, 2.24) is 0 Å². The summed E-state index contributed by atoms with van der Waals surface area (Å²) >= 11 is 0. The van der Waals surface area contributed by atoms with Crippen LogP contribution in [0.5, 0.6) is 0 Å². The lowest BCUT2D eigenvalue weighted by Crippen LogP contribution is -1.95. The van der Waals surface area contributed by atoms with Gasteiger partial charge in [-0.3, -0.25) is 0 Å². The van der Waals surface area contributed by atoms with Crippen LogP contribution in [0.3, 0.4) is 0 Å². The SMILES string of the molecule is CCC.CCCCN. The van der Waals surface area contributed by atoms with Crippen molar-refractivity contribution in [3.05, 3.63) is 0 Å². The van der Waals surface area contributed by atoms with Crippen molar-refractivity contribution < 1.29 is 0 Å². The van der Waals surface area contributed by atoms with E-state index in [9.17, 15) is 0 Å². The van der Waals surface area contributed by atoms with Crippen LogP contribution < -0.4 is 5.73 Å². The van der Waals surface area contributed by atoms with Gasteiger partial charge in [0.1, 0.15) is 0 Å². The molecule has 0 atom stereocenters. The smallest absolute Gasteiger partial charge is 0.00774 e. The van der Waals surface area contributed by atoms with Gasteiger partial charge in [0.25, 0.3) is 0 Å². The molecule has 0 fully saturated rings. The standard InChI is InChI=1S/C4H11N.C3H8/c1-2-3-4-5;1-3-2/h2-5H2,1H3;3H2,1-2H3. The Morgan fingerprint density at radius 2 is 1.50 bits per heavy atom. The highest BCUT2D eigenvalue weighted by Gasteiger charge is 1.67. The van der Waals surface area contributed by atoms with E-state index in [1.54, 1.807) is 0 Å². The molecule has 0 rings (SSSR count). The van der Waals surface area contributed by atoms with E-state index in [0.29, 0.717) is 0 Å². The van der Waals surface area contributed by atoms with E-state index in [-0.39, 0.29) is 0 Å². The van der Waals surface area contributed by atoms with E-state index in [0.717, 1.165) is 6.54 Å². The monoisotopic (exact) mass is 117 g/mol. The third kappa shape index (κ3) is 38.2. The Balaban J connectivity index is 0. The molecular formula is C7H19N. The summed E-state index contributed by atoms with van der Waals surface area (Å²) in [4.78, 5) is 0. The van der Waals surface area contributed by atoms with E-state index in [1.165, 1.54) is 19.3 Å². The number of unbranched alkanes of at least 4 members (excludes halogenated alkanes) is 1. The molecule has 1 nitrogen and oxygen atoms in total.